The van der Waals surface area contributed by atoms with Gasteiger partial charge in [-0.05, 0) is 57.0 Å². The van der Waals surface area contributed by atoms with E-state index in [0.717, 1.165) is 32.0 Å². The van der Waals surface area contributed by atoms with E-state index in [4.69, 9.17) is 0 Å². The van der Waals surface area contributed by atoms with Gasteiger partial charge in [-0.15, -0.1) is 0 Å². The molecule has 1 saturated heterocycles. The smallest absolute Gasteiger partial charge is 0.294 e. The Bertz CT molecular complexity index is 1020. The third kappa shape index (κ3) is 5.01. The van der Waals surface area contributed by atoms with Crippen molar-refractivity contribution < 1.29 is 17.7 Å². The fraction of sp³-hybridized carbons (Fsp3) is 0.368. The summed E-state index contributed by atoms with van der Waals surface area (Å²) in [5.41, 5.74) is 0.721. The monoisotopic (exact) mass is 422 g/mol. The molecule has 29 heavy (non-hydrogen) atoms. The zero-order chi connectivity index (χ0) is 21.2. The Labute approximate surface area is 168 Å². The molecule has 0 spiro atoms. The number of rotatable bonds is 7. The third-order valence-corrected chi connectivity index (χ3v) is 6.16. The molecule has 2 N–H and O–H groups in total. The highest BCUT2D eigenvalue weighted by Gasteiger charge is 2.22. The highest BCUT2D eigenvalue weighted by atomic mass is 32.2. The lowest BCUT2D eigenvalue weighted by molar-refractivity contribution is -0.384. The average molecular weight is 422 g/mol. The van der Waals surface area contributed by atoms with E-state index in [1.54, 1.807) is 19.9 Å². The van der Waals surface area contributed by atoms with Gasteiger partial charge in [0.2, 0.25) is 10.0 Å². The summed E-state index contributed by atoms with van der Waals surface area (Å²) < 4.78 is 41.1. The molecule has 2 aromatic carbocycles. The van der Waals surface area contributed by atoms with Crippen LogP contribution < -0.4 is 14.9 Å². The minimum absolute atomic E-state index is 0.0801. The molecule has 8 nitrogen and oxygen atoms in total. The zero-order valence-electron chi connectivity index (χ0n) is 16.2. The van der Waals surface area contributed by atoms with Crippen LogP contribution in [0.4, 0.5) is 27.1 Å². The van der Waals surface area contributed by atoms with Crippen LogP contribution in [0.15, 0.2) is 41.3 Å². The van der Waals surface area contributed by atoms with Gasteiger partial charge >= 0.3 is 0 Å². The van der Waals surface area contributed by atoms with Gasteiger partial charge in [-0.3, -0.25) is 10.1 Å². The van der Waals surface area contributed by atoms with Crippen LogP contribution in [0.2, 0.25) is 0 Å². The summed E-state index contributed by atoms with van der Waals surface area (Å²) in [5, 5.41) is 14.4. The van der Waals surface area contributed by atoms with Crippen molar-refractivity contribution in [2.24, 2.45) is 0 Å². The summed E-state index contributed by atoms with van der Waals surface area (Å²) in [4.78, 5) is 12.7. The minimum Gasteiger partial charge on any atom is -0.371 e. The number of nitro benzene ring substituents is 1. The number of nitro groups is 1. The molecule has 2 aromatic rings. The number of halogens is 1. The maximum Gasteiger partial charge on any atom is 0.294 e. The topological polar surface area (TPSA) is 105 Å². The molecule has 3 rings (SSSR count). The van der Waals surface area contributed by atoms with Gasteiger partial charge in [0.15, 0.2) is 0 Å². The van der Waals surface area contributed by atoms with Crippen molar-refractivity contribution >= 4 is 32.8 Å². The van der Waals surface area contributed by atoms with Gasteiger partial charge in [-0.25, -0.2) is 17.5 Å². The molecule has 1 fully saturated rings. The van der Waals surface area contributed by atoms with E-state index in [1.807, 2.05) is 0 Å². The van der Waals surface area contributed by atoms with Crippen molar-refractivity contribution in [3.8, 4) is 0 Å². The Balaban J connectivity index is 1.94. The third-order valence-electron chi connectivity index (χ3n) is 4.50. The first-order valence-corrected chi connectivity index (χ1v) is 10.8. The second kappa shape index (κ2) is 8.34. The molecule has 0 amide bonds. The van der Waals surface area contributed by atoms with Crippen LogP contribution in [0.1, 0.15) is 26.7 Å². The lowest BCUT2D eigenvalue weighted by atomic mass is 10.2. The molecule has 0 aliphatic carbocycles. The van der Waals surface area contributed by atoms with Gasteiger partial charge in [-0.2, -0.15) is 0 Å². The van der Waals surface area contributed by atoms with Crippen molar-refractivity contribution in [3.05, 3.63) is 52.3 Å². The number of hydrogen-bond acceptors (Lipinski definition) is 6. The molecule has 0 unspecified atom stereocenters. The highest BCUT2D eigenvalue weighted by Crippen LogP contribution is 2.32. The molecule has 1 aliphatic rings. The Kier molecular flexibility index (Phi) is 6.04. The van der Waals surface area contributed by atoms with Crippen molar-refractivity contribution in [1.29, 1.82) is 0 Å². The van der Waals surface area contributed by atoms with Gasteiger partial charge < -0.3 is 10.2 Å². The average Bonchev–Trinajstić information content (AvgIpc) is 3.15. The van der Waals surface area contributed by atoms with E-state index >= 15 is 0 Å². The number of sulfonamides is 1. The van der Waals surface area contributed by atoms with Crippen molar-refractivity contribution in [2.45, 2.75) is 37.6 Å². The van der Waals surface area contributed by atoms with Crippen LogP contribution in [-0.4, -0.2) is 32.5 Å². The molecule has 1 aliphatic heterocycles. The highest BCUT2D eigenvalue weighted by molar-refractivity contribution is 7.89. The fourth-order valence-corrected chi connectivity index (χ4v) is 4.54. The number of nitrogens with one attached hydrogen (secondary N) is 2. The quantitative estimate of drug-likeness (QED) is 0.520. The SMILES string of the molecule is CC(C)NS(=O)(=O)c1ccc(Nc2cc(F)cc(N3CCCC3)c2)c([N+](=O)[O-])c1. The fourth-order valence-electron chi connectivity index (χ4n) is 3.27. The summed E-state index contributed by atoms with van der Waals surface area (Å²) in [6.07, 6.45) is 2.07. The zero-order valence-corrected chi connectivity index (χ0v) is 17.0. The van der Waals surface area contributed by atoms with Gasteiger partial charge in [0.1, 0.15) is 11.5 Å². The molecule has 0 saturated carbocycles. The van der Waals surface area contributed by atoms with Crippen LogP contribution in [-0.2, 0) is 10.0 Å². The van der Waals surface area contributed by atoms with Crippen LogP contribution >= 0.6 is 0 Å². The summed E-state index contributed by atoms with van der Waals surface area (Å²) in [6, 6.07) is 7.63. The van der Waals surface area contributed by atoms with E-state index in [-0.39, 0.29) is 16.6 Å². The van der Waals surface area contributed by atoms with Gasteiger partial charge in [-0.1, -0.05) is 0 Å². The van der Waals surface area contributed by atoms with Crippen molar-refractivity contribution in [3.63, 3.8) is 0 Å². The van der Waals surface area contributed by atoms with E-state index in [2.05, 4.69) is 14.9 Å². The standard InChI is InChI=1S/C19H23FN4O4S/c1-13(2)22-29(27,28)17-5-6-18(19(12-17)24(25)26)21-15-9-14(20)10-16(11-15)23-7-3-4-8-23/h5-6,9-13,21-22H,3-4,7-8H2,1-2H3. The van der Waals surface area contributed by atoms with E-state index in [9.17, 15) is 22.9 Å². The minimum atomic E-state index is -3.88. The van der Waals surface area contributed by atoms with Crippen LogP contribution in [0, 0.1) is 15.9 Å². The van der Waals surface area contributed by atoms with Crippen LogP contribution in [0.3, 0.4) is 0 Å². The molecule has 0 aromatic heterocycles. The summed E-state index contributed by atoms with van der Waals surface area (Å²) >= 11 is 0. The second-order valence-electron chi connectivity index (χ2n) is 7.23. The number of nitrogens with zero attached hydrogens (tertiary/aromatic N) is 2. The first-order valence-electron chi connectivity index (χ1n) is 9.29. The first-order chi connectivity index (χ1) is 13.7. The summed E-state index contributed by atoms with van der Waals surface area (Å²) in [6.45, 7) is 4.98. The Morgan fingerprint density at radius 2 is 1.83 bits per heavy atom. The molecule has 156 valence electrons. The molecule has 0 atom stereocenters. The van der Waals surface area contributed by atoms with Gasteiger partial charge in [0, 0.05) is 36.6 Å². The Morgan fingerprint density at radius 1 is 1.14 bits per heavy atom. The summed E-state index contributed by atoms with van der Waals surface area (Å²) in [5.74, 6) is -0.458. The summed E-state index contributed by atoms with van der Waals surface area (Å²) in [7, 11) is -3.88. The van der Waals surface area contributed by atoms with Crippen LogP contribution in [0.25, 0.3) is 0 Å². The molecule has 1 heterocycles. The maximum atomic E-state index is 14.1. The second-order valence-corrected chi connectivity index (χ2v) is 8.94. The Morgan fingerprint density at radius 3 is 2.45 bits per heavy atom. The normalized spacial score (nSPS) is 14.4. The molecule has 0 radical (unpaired) electrons. The van der Waals surface area contributed by atoms with E-state index in [1.165, 1.54) is 24.3 Å². The molecular weight excluding hydrogens is 399 g/mol. The van der Waals surface area contributed by atoms with Crippen LogP contribution in [0.5, 0.6) is 0 Å². The molecule has 10 heteroatoms. The first kappa shape index (κ1) is 21.0. The van der Waals surface area contributed by atoms with Gasteiger partial charge in [0.05, 0.1) is 9.82 Å². The number of benzene rings is 2. The van der Waals surface area contributed by atoms with Crippen molar-refractivity contribution in [1.82, 2.24) is 4.72 Å². The van der Waals surface area contributed by atoms with E-state index < -0.39 is 26.5 Å². The maximum absolute atomic E-state index is 14.1. The predicted molar refractivity (Wildman–Crippen MR) is 110 cm³/mol. The number of anilines is 3. The number of hydrogen-bond donors (Lipinski definition) is 2. The lowest BCUT2D eigenvalue weighted by Gasteiger charge is -2.19. The predicted octanol–water partition coefficient (Wildman–Crippen LogP) is 3.76. The molecule has 0 bridgehead atoms. The lowest BCUT2D eigenvalue weighted by Crippen LogP contribution is -2.30. The largest absolute Gasteiger partial charge is 0.371 e. The molecular formula is C19H23FN4O4S. The van der Waals surface area contributed by atoms with E-state index in [0.29, 0.717) is 11.4 Å². The van der Waals surface area contributed by atoms with Gasteiger partial charge in [0.25, 0.3) is 5.69 Å². The Hall–Kier alpha value is -2.72. The van der Waals surface area contributed by atoms with Crippen molar-refractivity contribution in [2.75, 3.05) is 23.3 Å².